The van der Waals surface area contributed by atoms with Gasteiger partial charge in [-0.25, -0.2) is 0 Å². The number of carbonyl (C=O) groups excluding carboxylic acids is 2. The first kappa shape index (κ1) is 19.5. The first-order valence-electron chi connectivity index (χ1n) is 7.59. The average molecular weight is 370 g/mol. The van der Waals surface area contributed by atoms with E-state index >= 15 is 0 Å². The smallest absolute Gasteiger partial charge is 0.418 e. The van der Waals surface area contributed by atoms with Crippen molar-refractivity contribution in [2.24, 2.45) is 0 Å². The molecule has 2 amide bonds. The zero-order valence-electron chi connectivity index (χ0n) is 13.8. The number of para-hydroxylation sites is 1. The molecule has 2 aromatic rings. The molecule has 1 aromatic carbocycles. The zero-order chi connectivity index (χ0) is 19.4. The maximum atomic E-state index is 12.9. The van der Waals surface area contributed by atoms with E-state index in [1.807, 2.05) is 5.32 Å². The molecule has 1 heterocycles. The van der Waals surface area contributed by atoms with Gasteiger partial charge in [0.1, 0.15) is 5.76 Å². The SMILES string of the molecule is C[C@](O)(CNC(=O)C(=O)Nc1ccccc1C(F)(F)F)Cc1ccco1. The van der Waals surface area contributed by atoms with Crippen molar-refractivity contribution in [2.45, 2.75) is 25.1 Å². The van der Waals surface area contributed by atoms with Crippen LogP contribution in [0.1, 0.15) is 18.2 Å². The average Bonchev–Trinajstić information content (AvgIpc) is 3.04. The normalized spacial score (nSPS) is 13.7. The molecule has 1 atom stereocenters. The molecule has 140 valence electrons. The van der Waals surface area contributed by atoms with E-state index in [-0.39, 0.29) is 13.0 Å². The lowest BCUT2D eigenvalue weighted by Gasteiger charge is -2.22. The van der Waals surface area contributed by atoms with Crippen molar-refractivity contribution < 1.29 is 32.3 Å². The van der Waals surface area contributed by atoms with Crippen LogP contribution in [0.5, 0.6) is 0 Å². The van der Waals surface area contributed by atoms with Crippen molar-refractivity contribution in [3.05, 3.63) is 54.0 Å². The summed E-state index contributed by atoms with van der Waals surface area (Å²) in [5, 5.41) is 14.3. The number of anilines is 1. The second-order valence-corrected chi connectivity index (χ2v) is 5.93. The minimum absolute atomic E-state index is 0.0821. The van der Waals surface area contributed by atoms with Crippen LogP contribution in [0.2, 0.25) is 0 Å². The van der Waals surface area contributed by atoms with Gasteiger partial charge in [0, 0.05) is 13.0 Å². The predicted octanol–water partition coefficient (Wildman–Crippen LogP) is 2.35. The molecule has 0 saturated heterocycles. The molecule has 26 heavy (non-hydrogen) atoms. The van der Waals surface area contributed by atoms with Gasteiger partial charge in [-0.1, -0.05) is 12.1 Å². The van der Waals surface area contributed by atoms with E-state index in [0.717, 1.165) is 12.1 Å². The van der Waals surface area contributed by atoms with Gasteiger partial charge in [0.05, 0.1) is 23.1 Å². The number of rotatable bonds is 5. The van der Waals surface area contributed by atoms with Gasteiger partial charge in [0.25, 0.3) is 0 Å². The van der Waals surface area contributed by atoms with E-state index in [9.17, 15) is 27.9 Å². The molecule has 0 aliphatic carbocycles. The van der Waals surface area contributed by atoms with Crippen LogP contribution in [-0.2, 0) is 22.2 Å². The second-order valence-electron chi connectivity index (χ2n) is 5.93. The summed E-state index contributed by atoms with van der Waals surface area (Å²) in [7, 11) is 0. The third-order valence-electron chi connectivity index (χ3n) is 3.45. The van der Waals surface area contributed by atoms with Crippen molar-refractivity contribution in [2.75, 3.05) is 11.9 Å². The quantitative estimate of drug-likeness (QED) is 0.705. The highest BCUT2D eigenvalue weighted by Gasteiger charge is 2.34. The Hall–Kier alpha value is -2.81. The van der Waals surface area contributed by atoms with Crippen molar-refractivity contribution in [1.82, 2.24) is 5.32 Å². The maximum Gasteiger partial charge on any atom is 0.418 e. The first-order chi connectivity index (χ1) is 12.1. The fourth-order valence-corrected chi connectivity index (χ4v) is 2.22. The fraction of sp³-hybridized carbons (Fsp3) is 0.294. The molecule has 0 aliphatic rings. The topological polar surface area (TPSA) is 91.6 Å². The lowest BCUT2D eigenvalue weighted by molar-refractivity contribution is -0.138. The molecule has 6 nitrogen and oxygen atoms in total. The monoisotopic (exact) mass is 370 g/mol. The Morgan fingerprint density at radius 3 is 2.42 bits per heavy atom. The summed E-state index contributed by atoms with van der Waals surface area (Å²) in [5.74, 6) is -1.95. The van der Waals surface area contributed by atoms with Gasteiger partial charge in [0.15, 0.2) is 0 Å². The van der Waals surface area contributed by atoms with E-state index < -0.39 is 34.8 Å². The van der Waals surface area contributed by atoms with Gasteiger partial charge in [-0.05, 0) is 31.2 Å². The molecule has 0 unspecified atom stereocenters. The molecule has 0 radical (unpaired) electrons. The highest BCUT2D eigenvalue weighted by atomic mass is 19.4. The van der Waals surface area contributed by atoms with E-state index in [1.54, 1.807) is 12.1 Å². The molecular weight excluding hydrogens is 353 g/mol. The number of hydrogen-bond acceptors (Lipinski definition) is 4. The van der Waals surface area contributed by atoms with Gasteiger partial charge in [0.2, 0.25) is 0 Å². The highest BCUT2D eigenvalue weighted by Crippen LogP contribution is 2.34. The molecule has 1 aromatic heterocycles. The number of aliphatic hydroxyl groups is 1. The van der Waals surface area contributed by atoms with Crippen molar-refractivity contribution in [3.63, 3.8) is 0 Å². The summed E-state index contributed by atoms with van der Waals surface area (Å²) in [6.07, 6.45) is -3.17. The Balaban J connectivity index is 1.95. The van der Waals surface area contributed by atoms with Gasteiger partial charge in [-0.2, -0.15) is 13.2 Å². The standard InChI is InChI=1S/C17H17F3N2O4/c1-16(25,9-11-5-4-8-26-11)10-21-14(23)15(24)22-13-7-3-2-6-12(13)17(18,19)20/h2-8,25H,9-10H2,1H3,(H,21,23)(H,22,24)/t16-/m1/s1. The summed E-state index contributed by atoms with van der Waals surface area (Å²) < 4.78 is 43.8. The first-order valence-corrected chi connectivity index (χ1v) is 7.59. The minimum Gasteiger partial charge on any atom is -0.469 e. The fourth-order valence-electron chi connectivity index (χ4n) is 2.22. The minimum atomic E-state index is -4.67. The second kappa shape index (κ2) is 7.61. The van der Waals surface area contributed by atoms with Crippen molar-refractivity contribution in [3.8, 4) is 0 Å². The number of amides is 2. The number of carbonyl (C=O) groups is 2. The van der Waals surface area contributed by atoms with E-state index in [2.05, 4.69) is 5.32 Å². The van der Waals surface area contributed by atoms with Crippen molar-refractivity contribution >= 4 is 17.5 Å². The Bertz CT molecular complexity index is 771. The van der Waals surface area contributed by atoms with Gasteiger partial charge >= 0.3 is 18.0 Å². The Morgan fingerprint density at radius 1 is 1.12 bits per heavy atom. The maximum absolute atomic E-state index is 12.9. The molecule has 2 rings (SSSR count). The lowest BCUT2D eigenvalue weighted by Crippen LogP contribution is -2.45. The largest absolute Gasteiger partial charge is 0.469 e. The molecule has 0 fully saturated rings. The van der Waals surface area contributed by atoms with Crippen LogP contribution in [0.3, 0.4) is 0 Å². The number of furan rings is 1. The van der Waals surface area contributed by atoms with Crippen LogP contribution in [-0.4, -0.2) is 29.1 Å². The van der Waals surface area contributed by atoms with Crippen molar-refractivity contribution in [1.29, 1.82) is 0 Å². The lowest BCUT2D eigenvalue weighted by atomic mass is 10.0. The number of alkyl halides is 3. The molecule has 3 N–H and O–H groups in total. The Kier molecular flexibility index (Phi) is 5.71. The van der Waals surface area contributed by atoms with E-state index in [1.165, 1.54) is 25.3 Å². The molecular formula is C17H17F3N2O4. The molecule has 9 heteroatoms. The van der Waals surface area contributed by atoms with Gasteiger partial charge < -0.3 is 20.2 Å². The Labute approximate surface area is 147 Å². The van der Waals surface area contributed by atoms with Crippen LogP contribution in [0.4, 0.5) is 18.9 Å². The molecule has 0 saturated carbocycles. The van der Waals surface area contributed by atoms with Gasteiger partial charge in [-0.3, -0.25) is 9.59 Å². The predicted molar refractivity (Wildman–Crippen MR) is 86.1 cm³/mol. The zero-order valence-corrected chi connectivity index (χ0v) is 13.8. The van der Waals surface area contributed by atoms with E-state index in [0.29, 0.717) is 5.76 Å². The molecule has 0 aliphatic heterocycles. The summed E-state index contributed by atoms with van der Waals surface area (Å²) >= 11 is 0. The highest BCUT2D eigenvalue weighted by molar-refractivity contribution is 6.39. The summed E-state index contributed by atoms with van der Waals surface area (Å²) in [6.45, 7) is 1.13. The van der Waals surface area contributed by atoms with Crippen LogP contribution >= 0.6 is 0 Å². The number of halogens is 3. The summed E-state index contributed by atoms with van der Waals surface area (Å²) in [6, 6.07) is 7.58. The Morgan fingerprint density at radius 2 is 1.81 bits per heavy atom. The molecule has 0 spiro atoms. The van der Waals surface area contributed by atoms with Crippen LogP contribution in [0, 0.1) is 0 Å². The summed E-state index contributed by atoms with van der Waals surface area (Å²) in [5.41, 5.74) is -2.99. The van der Waals surface area contributed by atoms with Crippen LogP contribution < -0.4 is 10.6 Å². The van der Waals surface area contributed by atoms with Gasteiger partial charge in [-0.15, -0.1) is 0 Å². The van der Waals surface area contributed by atoms with E-state index in [4.69, 9.17) is 4.42 Å². The third-order valence-corrected chi connectivity index (χ3v) is 3.45. The summed E-state index contributed by atoms with van der Waals surface area (Å²) in [4.78, 5) is 23.7. The number of nitrogens with one attached hydrogen (secondary N) is 2. The van der Waals surface area contributed by atoms with Crippen LogP contribution in [0.25, 0.3) is 0 Å². The third kappa shape index (κ3) is 5.35. The van der Waals surface area contributed by atoms with Crippen LogP contribution in [0.15, 0.2) is 47.1 Å². The molecule has 0 bridgehead atoms. The number of hydrogen-bond donors (Lipinski definition) is 3. The number of benzene rings is 1.